The highest BCUT2D eigenvalue weighted by atomic mass is 16.6. The number of amides is 2. The summed E-state index contributed by atoms with van der Waals surface area (Å²) in [4.78, 5) is 34.2. The van der Waals surface area contributed by atoms with Gasteiger partial charge in [-0.3, -0.25) is 30.6 Å². The summed E-state index contributed by atoms with van der Waals surface area (Å²) >= 11 is 0. The third-order valence-corrected chi connectivity index (χ3v) is 3.85. The Morgan fingerprint density at radius 2 is 1.70 bits per heavy atom. The maximum absolute atomic E-state index is 12.1. The Morgan fingerprint density at radius 3 is 2.30 bits per heavy atom. The molecule has 0 bridgehead atoms. The standard InChI is InChI=1S/C19H21N3O5/c1-12(2)14-7-9-17(10-8-14)27-13(3)18(23)20-21-19(24)15-5-4-6-16(11-15)22(25)26/h4-13H,1-3H3,(H,20,23)(H,21,24)/t13-/m1/s1. The van der Waals surface area contributed by atoms with E-state index in [1.54, 1.807) is 19.1 Å². The lowest BCUT2D eigenvalue weighted by molar-refractivity contribution is -0.384. The molecule has 142 valence electrons. The number of nitro groups is 1. The smallest absolute Gasteiger partial charge is 0.279 e. The first kappa shape index (κ1) is 19.9. The van der Waals surface area contributed by atoms with Crippen LogP contribution in [0.2, 0.25) is 0 Å². The summed E-state index contributed by atoms with van der Waals surface area (Å²) in [7, 11) is 0. The van der Waals surface area contributed by atoms with Crippen LogP contribution >= 0.6 is 0 Å². The summed E-state index contributed by atoms with van der Waals surface area (Å²) in [5, 5.41) is 10.8. The van der Waals surface area contributed by atoms with Crippen molar-refractivity contribution in [1.29, 1.82) is 0 Å². The number of carbonyl (C=O) groups is 2. The summed E-state index contributed by atoms with van der Waals surface area (Å²) < 4.78 is 5.55. The molecule has 0 aliphatic heterocycles. The number of nitrogens with zero attached hydrogens (tertiary/aromatic N) is 1. The minimum Gasteiger partial charge on any atom is -0.481 e. The van der Waals surface area contributed by atoms with E-state index in [-0.39, 0.29) is 11.3 Å². The molecule has 2 rings (SSSR count). The second kappa shape index (κ2) is 8.79. The van der Waals surface area contributed by atoms with Gasteiger partial charge < -0.3 is 4.74 Å². The third kappa shape index (κ3) is 5.53. The van der Waals surface area contributed by atoms with Crippen molar-refractivity contribution in [2.75, 3.05) is 0 Å². The van der Waals surface area contributed by atoms with Crippen molar-refractivity contribution in [3.05, 3.63) is 69.8 Å². The SMILES string of the molecule is CC(C)c1ccc(O[C@H](C)C(=O)NNC(=O)c2cccc([N+](=O)[O-])c2)cc1. The van der Waals surface area contributed by atoms with Gasteiger partial charge in [-0.15, -0.1) is 0 Å². The quantitative estimate of drug-likeness (QED) is 0.599. The molecule has 2 amide bonds. The molecule has 0 aliphatic rings. The molecule has 0 aromatic heterocycles. The third-order valence-electron chi connectivity index (χ3n) is 3.85. The van der Waals surface area contributed by atoms with Gasteiger partial charge in [-0.25, -0.2) is 0 Å². The van der Waals surface area contributed by atoms with Crippen LogP contribution in [-0.4, -0.2) is 22.8 Å². The van der Waals surface area contributed by atoms with Gasteiger partial charge in [-0.1, -0.05) is 32.0 Å². The maximum Gasteiger partial charge on any atom is 0.279 e. The van der Waals surface area contributed by atoms with Crippen LogP contribution in [0.5, 0.6) is 5.75 Å². The Labute approximate surface area is 156 Å². The van der Waals surface area contributed by atoms with E-state index in [0.29, 0.717) is 11.7 Å². The number of rotatable bonds is 6. The van der Waals surface area contributed by atoms with Crippen LogP contribution < -0.4 is 15.6 Å². The number of ether oxygens (including phenoxy) is 1. The van der Waals surface area contributed by atoms with E-state index in [9.17, 15) is 19.7 Å². The fraction of sp³-hybridized carbons (Fsp3) is 0.263. The van der Waals surface area contributed by atoms with Gasteiger partial charge in [-0.2, -0.15) is 0 Å². The van der Waals surface area contributed by atoms with E-state index >= 15 is 0 Å². The molecule has 2 aromatic carbocycles. The summed E-state index contributed by atoms with van der Waals surface area (Å²) in [6.07, 6.45) is -0.847. The molecule has 0 unspecified atom stereocenters. The molecule has 27 heavy (non-hydrogen) atoms. The zero-order valence-corrected chi connectivity index (χ0v) is 15.3. The molecule has 0 fully saturated rings. The minimum atomic E-state index is -0.847. The van der Waals surface area contributed by atoms with Gasteiger partial charge in [-0.05, 0) is 36.6 Å². The van der Waals surface area contributed by atoms with Gasteiger partial charge in [0, 0.05) is 17.7 Å². The molecule has 0 saturated carbocycles. The topological polar surface area (TPSA) is 111 Å². The van der Waals surface area contributed by atoms with E-state index in [1.807, 2.05) is 12.1 Å². The average Bonchev–Trinajstić information content (AvgIpc) is 2.66. The summed E-state index contributed by atoms with van der Waals surface area (Å²) in [6, 6.07) is 12.6. The number of hydrazine groups is 1. The summed E-state index contributed by atoms with van der Waals surface area (Å²) in [6.45, 7) is 5.71. The zero-order valence-electron chi connectivity index (χ0n) is 15.3. The fourth-order valence-corrected chi connectivity index (χ4v) is 2.24. The molecule has 8 heteroatoms. The van der Waals surface area contributed by atoms with Crippen LogP contribution in [0.4, 0.5) is 5.69 Å². The molecule has 0 saturated heterocycles. The van der Waals surface area contributed by atoms with Crippen LogP contribution in [0.15, 0.2) is 48.5 Å². The predicted octanol–water partition coefficient (Wildman–Crippen LogP) is 2.95. The molecular formula is C19H21N3O5. The number of hydrogen-bond donors (Lipinski definition) is 2. The highest BCUT2D eigenvalue weighted by Crippen LogP contribution is 2.19. The molecule has 1 atom stereocenters. The lowest BCUT2D eigenvalue weighted by atomic mass is 10.0. The van der Waals surface area contributed by atoms with Crippen LogP contribution in [0.1, 0.15) is 42.6 Å². The Balaban J connectivity index is 1.89. The van der Waals surface area contributed by atoms with Gasteiger partial charge in [0.25, 0.3) is 17.5 Å². The van der Waals surface area contributed by atoms with Crippen molar-refractivity contribution in [1.82, 2.24) is 10.9 Å². The number of carbonyl (C=O) groups excluding carboxylic acids is 2. The molecular weight excluding hydrogens is 350 g/mol. The van der Waals surface area contributed by atoms with Crippen LogP contribution in [0.3, 0.4) is 0 Å². The normalized spacial score (nSPS) is 11.6. The molecule has 2 N–H and O–H groups in total. The van der Waals surface area contributed by atoms with E-state index in [0.717, 1.165) is 11.6 Å². The number of nitro benzene ring substituents is 1. The Bertz CT molecular complexity index is 833. The maximum atomic E-state index is 12.1. The van der Waals surface area contributed by atoms with Crippen molar-refractivity contribution < 1.29 is 19.2 Å². The van der Waals surface area contributed by atoms with E-state index in [2.05, 4.69) is 24.7 Å². The van der Waals surface area contributed by atoms with Crippen LogP contribution in [-0.2, 0) is 4.79 Å². The molecule has 0 radical (unpaired) electrons. The van der Waals surface area contributed by atoms with Gasteiger partial charge in [0.05, 0.1) is 4.92 Å². The van der Waals surface area contributed by atoms with Crippen molar-refractivity contribution in [3.8, 4) is 5.75 Å². The van der Waals surface area contributed by atoms with Gasteiger partial charge >= 0.3 is 0 Å². The second-order valence-corrected chi connectivity index (χ2v) is 6.23. The second-order valence-electron chi connectivity index (χ2n) is 6.23. The van der Waals surface area contributed by atoms with Gasteiger partial charge in [0.15, 0.2) is 6.10 Å². The van der Waals surface area contributed by atoms with E-state index in [1.165, 1.54) is 18.2 Å². The predicted molar refractivity (Wildman–Crippen MR) is 99.3 cm³/mol. The largest absolute Gasteiger partial charge is 0.481 e. The fourth-order valence-electron chi connectivity index (χ4n) is 2.24. The lowest BCUT2D eigenvalue weighted by Crippen LogP contribution is -2.47. The zero-order chi connectivity index (χ0) is 20.0. The van der Waals surface area contributed by atoms with E-state index < -0.39 is 22.8 Å². The van der Waals surface area contributed by atoms with Crippen LogP contribution in [0.25, 0.3) is 0 Å². The lowest BCUT2D eigenvalue weighted by Gasteiger charge is -2.16. The molecule has 0 heterocycles. The monoisotopic (exact) mass is 371 g/mol. The first-order valence-corrected chi connectivity index (χ1v) is 8.39. The molecule has 8 nitrogen and oxygen atoms in total. The average molecular weight is 371 g/mol. The van der Waals surface area contributed by atoms with E-state index in [4.69, 9.17) is 4.74 Å². The van der Waals surface area contributed by atoms with Gasteiger partial charge in [0.1, 0.15) is 5.75 Å². The van der Waals surface area contributed by atoms with Crippen molar-refractivity contribution in [3.63, 3.8) is 0 Å². The number of non-ortho nitro benzene ring substituents is 1. The highest BCUT2D eigenvalue weighted by molar-refractivity contribution is 5.96. The Hall–Kier alpha value is -3.42. The summed E-state index contributed by atoms with van der Waals surface area (Å²) in [5.41, 5.74) is 5.46. The Kier molecular flexibility index (Phi) is 6.48. The first-order valence-electron chi connectivity index (χ1n) is 8.39. The number of benzene rings is 2. The Morgan fingerprint density at radius 1 is 1.04 bits per heavy atom. The molecule has 0 spiro atoms. The first-order chi connectivity index (χ1) is 12.8. The highest BCUT2D eigenvalue weighted by Gasteiger charge is 2.17. The summed E-state index contributed by atoms with van der Waals surface area (Å²) in [5.74, 6) is -0.293. The number of nitrogens with one attached hydrogen (secondary N) is 2. The van der Waals surface area contributed by atoms with Crippen molar-refractivity contribution in [2.24, 2.45) is 0 Å². The van der Waals surface area contributed by atoms with Crippen LogP contribution in [0, 0.1) is 10.1 Å². The van der Waals surface area contributed by atoms with Crippen molar-refractivity contribution >= 4 is 17.5 Å². The minimum absolute atomic E-state index is 0.0577. The number of hydrogen-bond acceptors (Lipinski definition) is 5. The van der Waals surface area contributed by atoms with Crippen molar-refractivity contribution in [2.45, 2.75) is 32.8 Å². The van der Waals surface area contributed by atoms with Gasteiger partial charge in [0.2, 0.25) is 0 Å². The molecule has 2 aromatic rings. The molecule has 0 aliphatic carbocycles.